The van der Waals surface area contributed by atoms with E-state index >= 15 is 4.39 Å². The van der Waals surface area contributed by atoms with Crippen LogP contribution in [-0.2, 0) is 19.2 Å². The summed E-state index contributed by atoms with van der Waals surface area (Å²) in [6.45, 7) is 6.28. The second-order valence-corrected chi connectivity index (χ2v) is 16.5. The maximum atomic E-state index is 15.2. The summed E-state index contributed by atoms with van der Waals surface area (Å²) in [5.74, 6) is -0.329. The fourth-order valence-electron chi connectivity index (χ4n) is 9.22. The maximum absolute atomic E-state index is 15.2. The van der Waals surface area contributed by atoms with Gasteiger partial charge in [0.1, 0.15) is 17.6 Å². The van der Waals surface area contributed by atoms with E-state index in [2.05, 4.69) is 40.6 Å². The average molecular weight is 798 g/mol. The lowest BCUT2D eigenvalue weighted by Gasteiger charge is -2.40. The van der Waals surface area contributed by atoms with Gasteiger partial charge in [-0.25, -0.2) is 18.7 Å². The number of benzene rings is 2. The Balaban J connectivity index is 0.755. The van der Waals surface area contributed by atoms with E-state index < -0.39 is 11.9 Å². The smallest absolute Gasteiger partial charge is 0.249 e. The first kappa shape index (κ1) is 39.6. The van der Waals surface area contributed by atoms with Gasteiger partial charge in [-0.2, -0.15) is 0 Å². The zero-order valence-electron chi connectivity index (χ0n) is 32.9. The maximum Gasteiger partial charge on any atom is 0.249 e. The molecular weight excluding hydrogens is 745 g/mol. The van der Waals surface area contributed by atoms with Gasteiger partial charge < -0.3 is 25.3 Å². The van der Waals surface area contributed by atoms with Crippen molar-refractivity contribution in [1.82, 2.24) is 25.1 Å². The van der Waals surface area contributed by atoms with Gasteiger partial charge in [0.2, 0.25) is 29.6 Å². The lowest BCUT2D eigenvalue weighted by molar-refractivity contribution is -0.138. The van der Waals surface area contributed by atoms with Crippen LogP contribution in [0.4, 0.5) is 31.8 Å². The highest BCUT2D eigenvalue weighted by atomic mass is 19.1. The van der Waals surface area contributed by atoms with Crippen molar-refractivity contribution in [3.05, 3.63) is 60.3 Å². The van der Waals surface area contributed by atoms with Crippen molar-refractivity contribution in [2.24, 2.45) is 11.8 Å². The summed E-state index contributed by atoms with van der Waals surface area (Å²) < 4.78 is 30.2. The molecule has 4 aliphatic heterocycles. The molecule has 3 aromatic rings. The standard InChI is InChI=1S/C43H53F2N9O4/c44-34-25-32(47-36-12-14-38(55)49-41(36)57)11-13-37(34)52-22-20-51(21-23-52)27-28-15-18-53(19-16-28)42(58)29-7-9-31(10-8-29)48-43-46-26-35(45)40(50-43)30-4-3-5-33(24-30)54-17-2-1-6-39(54)56/h3-5,11,13,24-26,28-29,31,36,47H,1-2,6-10,12,14-23,27H2,(H,46,48,50)(H,49,55,57)/t29-,31-,36?. The van der Waals surface area contributed by atoms with Crippen LogP contribution in [0.2, 0.25) is 0 Å². The topological polar surface area (TPSA) is 143 Å². The third-order valence-electron chi connectivity index (χ3n) is 12.6. The van der Waals surface area contributed by atoms with Crippen molar-refractivity contribution in [1.29, 1.82) is 0 Å². The molecule has 1 aromatic heterocycles. The molecule has 8 rings (SSSR count). The predicted octanol–water partition coefficient (Wildman–Crippen LogP) is 5.19. The number of carbonyl (C=O) groups is 4. The van der Waals surface area contributed by atoms with Crippen LogP contribution < -0.4 is 25.8 Å². The van der Waals surface area contributed by atoms with Gasteiger partial charge in [-0.15, -0.1) is 0 Å². The van der Waals surface area contributed by atoms with Gasteiger partial charge in [-0.05, 0) is 94.0 Å². The molecule has 58 heavy (non-hydrogen) atoms. The Kier molecular flexibility index (Phi) is 12.1. The number of carbonyl (C=O) groups excluding carboxylic acids is 4. The molecule has 5 heterocycles. The Morgan fingerprint density at radius 2 is 1.60 bits per heavy atom. The number of hydrogen-bond acceptors (Lipinski definition) is 10. The molecule has 15 heteroatoms. The lowest BCUT2D eigenvalue weighted by atomic mass is 9.84. The third-order valence-corrected chi connectivity index (χ3v) is 12.6. The van der Waals surface area contributed by atoms with E-state index in [9.17, 15) is 23.6 Å². The van der Waals surface area contributed by atoms with Gasteiger partial charge >= 0.3 is 0 Å². The number of rotatable bonds is 10. The quantitative estimate of drug-likeness (QED) is 0.235. The van der Waals surface area contributed by atoms with Crippen LogP contribution in [0.25, 0.3) is 11.3 Å². The van der Waals surface area contributed by atoms with E-state index in [0.29, 0.717) is 48.2 Å². The molecule has 4 saturated heterocycles. The fourth-order valence-corrected chi connectivity index (χ4v) is 9.22. The Labute approximate surface area is 337 Å². The third kappa shape index (κ3) is 9.24. The van der Waals surface area contributed by atoms with Gasteiger partial charge in [-0.3, -0.25) is 29.4 Å². The average Bonchev–Trinajstić information content (AvgIpc) is 3.23. The highest BCUT2D eigenvalue weighted by molar-refractivity contribution is 6.01. The van der Waals surface area contributed by atoms with Gasteiger partial charge in [0.05, 0.1) is 11.9 Å². The number of hydrogen-bond donors (Lipinski definition) is 3. The molecule has 0 bridgehead atoms. The molecule has 1 saturated carbocycles. The molecule has 1 atom stereocenters. The van der Waals surface area contributed by atoms with Crippen LogP contribution in [-0.4, -0.2) is 108 Å². The first-order valence-corrected chi connectivity index (χ1v) is 21.0. The Bertz CT molecular complexity index is 1990. The van der Waals surface area contributed by atoms with Gasteiger partial charge in [0.25, 0.3) is 0 Å². The van der Waals surface area contributed by atoms with Crippen molar-refractivity contribution >= 4 is 46.6 Å². The first-order valence-electron chi connectivity index (χ1n) is 21.0. The van der Waals surface area contributed by atoms with E-state index in [-0.39, 0.29) is 53.5 Å². The van der Waals surface area contributed by atoms with Crippen molar-refractivity contribution in [2.75, 3.05) is 72.8 Å². The summed E-state index contributed by atoms with van der Waals surface area (Å²) >= 11 is 0. The van der Waals surface area contributed by atoms with E-state index in [1.54, 1.807) is 23.1 Å². The predicted molar refractivity (Wildman–Crippen MR) is 217 cm³/mol. The second-order valence-electron chi connectivity index (χ2n) is 16.5. The van der Waals surface area contributed by atoms with Crippen molar-refractivity contribution in [3.63, 3.8) is 0 Å². The van der Waals surface area contributed by atoms with Crippen LogP contribution in [0.15, 0.2) is 48.7 Å². The lowest BCUT2D eigenvalue weighted by Crippen LogP contribution is -2.50. The van der Waals surface area contributed by atoms with Gasteiger partial charge in [-0.1, -0.05) is 12.1 Å². The Morgan fingerprint density at radius 1 is 0.810 bits per heavy atom. The van der Waals surface area contributed by atoms with Crippen LogP contribution in [0.5, 0.6) is 0 Å². The zero-order chi connectivity index (χ0) is 40.2. The molecule has 13 nitrogen and oxygen atoms in total. The van der Waals surface area contributed by atoms with Crippen molar-refractivity contribution in [3.8, 4) is 11.3 Å². The van der Waals surface area contributed by atoms with E-state index in [4.69, 9.17) is 0 Å². The molecule has 3 N–H and O–H groups in total. The number of halogens is 2. The molecule has 1 aliphatic carbocycles. The molecule has 308 valence electrons. The van der Waals surface area contributed by atoms with Crippen LogP contribution in [0, 0.1) is 23.5 Å². The summed E-state index contributed by atoms with van der Waals surface area (Å²) in [5.41, 5.74) is 2.60. The number of nitrogens with one attached hydrogen (secondary N) is 3. The number of nitrogens with zero attached hydrogens (tertiary/aromatic N) is 6. The minimum absolute atomic E-state index is 0.00436. The molecule has 0 spiro atoms. The normalized spacial score (nSPS) is 23.8. The minimum Gasteiger partial charge on any atom is -0.374 e. The summed E-state index contributed by atoms with van der Waals surface area (Å²) in [6, 6.07) is 11.8. The molecular formula is C43H53F2N9O4. The number of anilines is 4. The fraction of sp³-hybridized carbons (Fsp3) is 0.535. The largest absolute Gasteiger partial charge is 0.374 e. The molecule has 4 amide bonds. The first-order chi connectivity index (χ1) is 28.2. The molecule has 0 radical (unpaired) electrons. The van der Waals surface area contributed by atoms with Gasteiger partial charge in [0.15, 0.2) is 5.82 Å². The SMILES string of the molecule is O=C1CCC(Nc2ccc(N3CCN(CC4CCN(C(=O)[C@H]5CC[C@H](Nc6ncc(F)c(-c7cccc(N8CCCCC8=O)c7)n6)CC5)CC4)CC3)c(F)c2)C(=O)N1. The Hall–Kier alpha value is -5.18. The highest BCUT2D eigenvalue weighted by Gasteiger charge is 2.33. The number of imide groups is 1. The Morgan fingerprint density at radius 3 is 2.34 bits per heavy atom. The molecule has 2 aromatic carbocycles. The van der Waals surface area contributed by atoms with Crippen molar-refractivity contribution in [2.45, 2.75) is 82.7 Å². The number of likely N-dealkylation sites (tertiary alicyclic amines) is 1. The molecule has 5 fully saturated rings. The minimum atomic E-state index is -0.559. The number of piperazine rings is 1. The second kappa shape index (κ2) is 17.8. The summed E-state index contributed by atoms with van der Waals surface area (Å²) in [6.07, 6.45) is 9.29. The van der Waals surface area contributed by atoms with Crippen LogP contribution >= 0.6 is 0 Å². The monoisotopic (exact) mass is 797 g/mol. The van der Waals surface area contributed by atoms with E-state index in [1.165, 1.54) is 12.3 Å². The zero-order valence-corrected chi connectivity index (χ0v) is 32.9. The summed E-state index contributed by atoms with van der Waals surface area (Å²) in [5, 5.41) is 8.76. The van der Waals surface area contributed by atoms with Gasteiger partial charge in [0, 0.05) is 94.1 Å². The van der Waals surface area contributed by atoms with Crippen LogP contribution in [0.3, 0.4) is 0 Å². The van der Waals surface area contributed by atoms with E-state index in [1.807, 2.05) is 18.2 Å². The van der Waals surface area contributed by atoms with Crippen LogP contribution in [0.1, 0.15) is 70.6 Å². The molecule has 1 unspecified atom stereocenters. The van der Waals surface area contributed by atoms with E-state index in [0.717, 1.165) is 103 Å². The van der Waals surface area contributed by atoms with Crippen molar-refractivity contribution < 1.29 is 28.0 Å². The highest BCUT2D eigenvalue weighted by Crippen LogP contribution is 2.32. The number of aromatic nitrogens is 2. The summed E-state index contributed by atoms with van der Waals surface area (Å²) in [7, 11) is 0. The number of amides is 4. The summed E-state index contributed by atoms with van der Waals surface area (Å²) in [4.78, 5) is 66.7. The molecule has 5 aliphatic rings. The number of piperidine rings is 3.